The first kappa shape index (κ1) is 11.3. The van der Waals surface area contributed by atoms with Crippen LogP contribution in [0.3, 0.4) is 0 Å². The third-order valence-corrected chi connectivity index (χ3v) is 2.35. The number of hydrogen-bond donors (Lipinski definition) is 2. The number of rotatable bonds is 3. The summed E-state index contributed by atoms with van der Waals surface area (Å²) in [6, 6.07) is 10.1. The molecule has 2 rings (SSSR count). The maximum Gasteiger partial charge on any atom is 0.356 e. The zero-order chi connectivity index (χ0) is 12.3. The number of aromatic nitrogens is 2. The molecule has 0 radical (unpaired) electrons. The van der Waals surface area contributed by atoms with Crippen LogP contribution < -0.4 is 5.32 Å². The molecule has 0 spiro atoms. The second kappa shape index (κ2) is 4.80. The molecule has 5 nitrogen and oxygen atoms in total. The van der Waals surface area contributed by atoms with E-state index in [0.29, 0.717) is 16.5 Å². The van der Waals surface area contributed by atoms with Crippen LogP contribution in [-0.4, -0.2) is 21.3 Å². The maximum absolute atomic E-state index is 10.6. The topological polar surface area (TPSA) is 75.1 Å². The molecule has 17 heavy (non-hydrogen) atoms. The molecule has 0 amide bonds. The number of hydrogen-bond acceptors (Lipinski definition) is 4. The van der Waals surface area contributed by atoms with Crippen molar-refractivity contribution in [3.8, 4) is 0 Å². The lowest BCUT2D eigenvalue weighted by Gasteiger charge is -2.06. The summed E-state index contributed by atoms with van der Waals surface area (Å²) in [5, 5.41) is 19.4. The number of nitrogens with one attached hydrogen (secondary N) is 1. The number of anilines is 2. The zero-order valence-corrected chi connectivity index (χ0v) is 9.35. The van der Waals surface area contributed by atoms with Gasteiger partial charge < -0.3 is 10.4 Å². The fraction of sp³-hybridized carbons (Fsp3) is 0. The average molecular weight is 250 g/mol. The number of carboxylic acid groups (broad SMARTS) is 1. The van der Waals surface area contributed by atoms with Gasteiger partial charge in [-0.1, -0.05) is 23.7 Å². The van der Waals surface area contributed by atoms with Gasteiger partial charge in [-0.25, -0.2) is 4.79 Å². The molecule has 0 unspecified atom stereocenters. The number of carboxylic acids is 1. The number of para-hydroxylation sites is 1. The van der Waals surface area contributed by atoms with Crippen LogP contribution in [0.1, 0.15) is 10.5 Å². The quantitative estimate of drug-likeness (QED) is 0.874. The van der Waals surface area contributed by atoms with Gasteiger partial charge in [0.1, 0.15) is 0 Å². The molecule has 0 saturated heterocycles. The summed E-state index contributed by atoms with van der Waals surface area (Å²) in [6.07, 6.45) is 0. The van der Waals surface area contributed by atoms with Crippen LogP contribution in [0.25, 0.3) is 0 Å². The van der Waals surface area contributed by atoms with Gasteiger partial charge in [0, 0.05) is 0 Å². The Balaban J connectivity index is 2.20. The third kappa shape index (κ3) is 2.70. The van der Waals surface area contributed by atoms with E-state index in [1.165, 1.54) is 12.1 Å². The van der Waals surface area contributed by atoms with Gasteiger partial charge in [-0.15, -0.1) is 10.2 Å². The molecule has 0 fully saturated rings. The van der Waals surface area contributed by atoms with Crippen molar-refractivity contribution in [3.63, 3.8) is 0 Å². The molecule has 0 saturated carbocycles. The highest BCUT2D eigenvalue weighted by atomic mass is 35.5. The van der Waals surface area contributed by atoms with Crippen molar-refractivity contribution in [2.24, 2.45) is 0 Å². The van der Waals surface area contributed by atoms with E-state index in [2.05, 4.69) is 15.5 Å². The van der Waals surface area contributed by atoms with Crippen molar-refractivity contribution in [1.82, 2.24) is 10.2 Å². The second-order valence-corrected chi connectivity index (χ2v) is 3.62. The van der Waals surface area contributed by atoms with E-state index in [9.17, 15) is 4.79 Å². The fourth-order valence-electron chi connectivity index (χ4n) is 1.21. The first-order chi connectivity index (χ1) is 8.16. The Morgan fingerprint density at radius 1 is 1.18 bits per heavy atom. The van der Waals surface area contributed by atoms with E-state index in [1.54, 1.807) is 12.1 Å². The Hall–Kier alpha value is -2.14. The van der Waals surface area contributed by atoms with E-state index < -0.39 is 5.97 Å². The molecule has 0 aliphatic carbocycles. The number of aromatic carboxylic acids is 1. The van der Waals surface area contributed by atoms with Crippen molar-refractivity contribution in [3.05, 3.63) is 47.1 Å². The average Bonchev–Trinajstić information content (AvgIpc) is 2.33. The number of nitrogens with zero attached hydrogens (tertiary/aromatic N) is 2. The van der Waals surface area contributed by atoms with Gasteiger partial charge >= 0.3 is 5.97 Å². The molecular formula is C11H8ClN3O2. The number of carbonyl (C=O) groups is 1. The molecule has 6 heteroatoms. The minimum absolute atomic E-state index is 0.102. The van der Waals surface area contributed by atoms with Gasteiger partial charge in [0.25, 0.3) is 0 Å². The molecule has 2 aromatic rings. The van der Waals surface area contributed by atoms with Crippen LogP contribution in [0, 0.1) is 0 Å². The fourth-order valence-corrected chi connectivity index (χ4v) is 1.40. The van der Waals surface area contributed by atoms with Gasteiger partial charge in [-0.05, 0) is 24.3 Å². The van der Waals surface area contributed by atoms with Gasteiger partial charge in [-0.2, -0.15) is 0 Å². The highest BCUT2D eigenvalue weighted by molar-refractivity contribution is 6.33. The van der Waals surface area contributed by atoms with Gasteiger partial charge in [0.2, 0.25) is 0 Å². The Morgan fingerprint density at radius 2 is 1.94 bits per heavy atom. The highest BCUT2D eigenvalue weighted by Crippen LogP contribution is 2.23. The van der Waals surface area contributed by atoms with E-state index in [1.807, 2.05) is 12.1 Å². The minimum atomic E-state index is -1.11. The van der Waals surface area contributed by atoms with E-state index in [4.69, 9.17) is 16.7 Å². The highest BCUT2D eigenvalue weighted by Gasteiger charge is 2.05. The second-order valence-electron chi connectivity index (χ2n) is 3.21. The summed E-state index contributed by atoms with van der Waals surface area (Å²) in [5.41, 5.74) is 0.584. The maximum atomic E-state index is 10.6. The molecule has 2 N–H and O–H groups in total. The Morgan fingerprint density at radius 3 is 2.53 bits per heavy atom. The van der Waals surface area contributed by atoms with Crippen molar-refractivity contribution >= 4 is 29.1 Å². The SMILES string of the molecule is O=C(O)c1ccc(Nc2ccccc2Cl)nn1. The molecule has 0 atom stereocenters. The summed E-state index contributed by atoms with van der Waals surface area (Å²) >= 11 is 5.95. The molecular weight excluding hydrogens is 242 g/mol. The van der Waals surface area contributed by atoms with Crippen LogP contribution in [0.4, 0.5) is 11.5 Å². The molecule has 86 valence electrons. The number of benzene rings is 1. The lowest BCUT2D eigenvalue weighted by molar-refractivity contribution is 0.0689. The largest absolute Gasteiger partial charge is 0.476 e. The molecule has 1 aromatic heterocycles. The molecule has 1 heterocycles. The van der Waals surface area contributed by atoms with Crippen molar-refractivity contribution in [2.45, 2.75) is 0 Å². The Labute approximate surface area is 102 Å². The van der Waals surface area contributed by atoms with Crippen LogP contribution in [0.5, 0.6) is 0 Å². The summed E-state index contributed by atoms with van der Waals surface area (Å²) in [6.45, 7) is 0. The Kier molecular flexibility index (Phi) is 3.20. The monoisotopic (exact) mass is 249 g/mol. The normalized spacial score (nSPS) is 9.94. The molecule has 0 aliphatic heterocycles. The van der Waals surface area contributed by atoms with Crippen LogP contribution in [0.15, 0.2) is 36.4 Å². The van der Waals surface area contributed by atoms with Crippen molar-refractivity contribution in [1.29, 1.82) is 0 Å². The lowest BCUT2D eigenvalue weighted by atomic mass is 10.3. The predicted octanol–water partition coefficient (Wildman–Crippen LogP) is 2.57. The number of halogens is 1. The summed E-state index contributed by atoms with van der Waals surface area (Å²) in [4.78, 5) is 10.6. The zero-order valence-electron chi connectivity index (χ0n) is 8.59. The smallest absolute Gasteiger partial charge is 0.356 e. The summed E-state index contributed by atoms with van der Waals surface area (Å²) in [7, 11) is 0. The Bertz CT molecular complexity index is 543. The lowest BCUT2D eigenvalue weighted by Crippen LogP contribution is -2.03. The van der Waals surface area contributed by atoms with Crippen molar-refractivity contribution < 1.29 is 9.90 Å². The molecule has 0 aliphatic rings. The van der Waals surface area contributed by atoms with E-state index >= 15 is 0 Å². The predicted molar refractivity (Wildman–Crippen MR) is 63.7 cm³/mol. The van der Waals surface area contributed by atoms with Crippen molar-refractivity contribution in [2.75, 3.05) is 5.32 Å². The first-order valence-corrected chi connectivity index (χ1v) is 5.13. The van der Waals surface area contributed by atoms with E-state index in [-0.39, 0.29) is 5.69 Å². The molecule has 0 bridgehead atoms. The van der Waals surface area contributed by atoms with E-state index in [0.717, 1.165) is 0 Å². The standard InChI is InChI=1S/C11H8ClN3O2/c12-7-3-1-2-4-8(7)13-10-6-5-9(11(16)17)14-15-10/h1-6H,(H,13,15)(H,16,17). The summed E-state index contributed by atoms with van der Waals surface area (Å²) in [5.74, 6) is -0.676. The first-order valence-electron chi connectivity index (χ1n) is 4.75. The minimum Gasteiger partial charge on any atom is -0.476 e. The third-order valence-electron chi connectivity index (χ3n) is 2.02. The van der Waals surface area contributed by atoms with Crippen LogP contribution >= 0.6 is 11.6 Å². The summed E-state index contributed by atoms with van der Waals surface area (Å²) < 4.78 is 0. The van der Waals surface area contributed by atoms with Gasteiger partial charge in [0.15, 0.2) is 11.5 Å². The van der Waals surface area contributed by atoms with Gasteiger partial charge in [-0.3, -0.25) is 0 Å². The van der Waals surface area contributed by atoms with Crippen LogP contribution in [-0.2, 0) is 0 Å². The molecule has 1 aromatic carbocycles. The van der Waals surface area contributed by atoms with Gasteiger partial charge in [0.05, 0.1) is 10.7 Å². The van der Waals surface area contributed by atoms with Crippen LogP contribution in [0.2, 0.25) is 5.02 Å².